The number of aryl methyl sites for hydroxylation is 1. The molecule has 3 rings (SSSR count). The normalized spacial score (nSPS) is 16.2. The lowest BCUT2D eigenvalue weighted by molar-refractivity contribution is 0.0690. The number of carboxylic acids is 1. The fourth-order valence-electron chi connectivity index (χ4n) is 2.27. The first-order chi connectivity index (χ1) is 8.99. The number of carboxylic acid groups (broad SMARTS) is 1. The first kappa shape index (κ1) is 11.9. The summed E-state index contributed by atoms with van der Waals surface area (Å²) >= 11 is 0. The second-order valence-corrected chi connectivity index (χ2v) is 6.38. The number of fused-ring (bicyclic) bond motifs is 1. The molecule has 0 radical (unpaired) electrons. The van der Waals surface area contributed by atoms with Crippen molar-refractivity contribution in [3.8, 4) is 11.3 Å². The highest BCUT2D eigenvalue weighted by molar-refractivity contribution is 7.91. The Morgan fingerprint density at radius 3 is 2.84 bits per heavy atom. The Morgan fingerprint density at radius 1 is 1.37 bits per heavy atom. The van der Waals surface area contributed by atoms with Crippen LogP contribution in [-0.4, -0.2) is 35.4 Å². The Bertz CT molecular complexity index is 777. The molecule has 0 aliphatic carbocycles. The van der Waals surface area contributed by atoms with Crippen molar-refractivity contribution < 1.29 is 18.3 Å². The van der Waals surface area contributed by atoms with Gasteiger partial charge in [0.2, 0.25) is 0 Å². The Balaban J connectivity index is 2.22. The first-order valence-corrected chi connectivity index (χ1v) is 7.28. The minimum atomic E-state index is -3.30. The van der Waals surface area contributed by atoms with Crippen molar-refractivity contribution in [2.45, 2.75) is 11.3 Å². The molecule has 7 heteroatoms. The fraction of sp³-hybridized carbons (Fsp3) is 0.167. The highest BCUT2D eigenvalue weighted by Crippen LogP contribution is 2.34. The Kier molecular flexibility index (Phi) is 2.46. The van der Waals surface area contributed by atoms with E-state index in [1.165, 1.54) is 6.07 Å². The Hall–Kier alpha value is -2.15. The second kappa shape index (κ2) is 3.92. The molecule has 0 spiro atoms. The molecule has 19 heavy (non-hydrogen) atoms. The van der Waals surface area contributed by atoms with E-state index in [1.54, 1.807) is 18.2 Å². The average Bonchev–Trinajstić information content (AvgIpc) is 2.95. The van der Waals surface area contributed by atoms with Crippen molar-refractivity contribution in [3.63, 3.8) is 0 Å². The molecular formula is C12H10N2O4S. The number of sulfone groups is 1. The summed E-state index contributed by atoms with van der Waals surface area (Å²) in [5, 5.41) is 15.1. The summed E-state index contributed by atoms with van der Waals surface area (Å²) in [4.78, 5) is 11.1. The Labute approximate surface area is 109 Å². The number of rotatable bonds is 2. The van der Waals surface area contributed by atoms with E-state index in [4.69, 9.17) is 5.11 Å². The van der Waals surface area contributed by atoms with E-state index in [-0.39, 0.29) is 16.3 Å². The predicted molar refractivity (Wildman–Crippen MR) is 66.7 cm³/mol. The molecule has 1 aliphatic heterocycles. The zero-order valence-electron chi connectivity index (χ0n) is 9.75. The van der Waals surface area contributed by atoms with Crippen LogP contribution in [0.3, 0.4) is 0 Å². The lowest BCUT2D eigenvalue weighted by Crippen LogP contribution is -2.01. The van der Waals surface area contributed by atoms with Crippen LogP contribution < -0.4 is 0 Å². The van der Waals surface area contributed by atoms with Crippen molar-refractivity contribution in [1.82, 2.24) is 10.2 Å². The third-order valence-corrected chi connectivity index (χ3v) is 4.98. The van der Waals surface area contributed by atoms with Crippen molar-refractivity contribution in [1.29, 1.82) is 0 Å². The summed E-state index contributed by atoms with van der Waals surface area (Å²) in [5.74, 6) is -1.04. The zero-order valence-corrected chi connectivity index (χ0v) is 10.6. The molecule has 0 saturated heterocycles. The quantitative estimate of drug-likeness (QED) is 0.857. The molecular weight excluding hydrogens is 268 g/mol. The minimum absolute atomic E-state index is 0.0667. The summed E-state index contributed by atoms with van der Waals surface area (Å²) < 4.78 is 24.1. The molecule has 0 bridgehead atoms. The third kappa shape index (κ3) is 1.82. The molecule has 98 valence electrons. The number of aromatic carboxylic acids is 1. The molecule has 2 aromatic rings. The summed E-state index contributed by atoms with van der Waals surface area (Å²) in [7, 11) is -3.30. The van der Waals surface area contributed by atoms with Gasteiger partial charge in [0.1, 0.15) is 5.69 Å². The fourth-order valence-corrected chi connectivity index (χ4v) is 4.04. The van der Waals surface area contributed by atoms with Crippen LogP contribution in [0, 0.1) is 0 Å². The first-order valence-electron chi connectivity index (χ1n) is 5.63. The monoisotopic (exact) mass is 278 g/mol. The molecule has 1 aliphatic rings. The number of hydrogen-bond acceptors (Lipinski definition) is 4. The smallest absolute Gasteiger partial charge is 0.353 e. The van der Waals surface area contributed by atoms with Gasteiger partial charge in [0.15, 0.2) is 9.84 Å². The number of H-pyrrole nitrogens is 1. The SMILES string of the molecule is O=C(O)c1cc(-c2cccc3c2S(=O)(=O)CC3)n[nH]1. The summed E-state index contributed by atoms with van der Waals surface area (Å²) in [6, 6.07) is 6.51. The predicted octanol–water partition coefficient (Wildman–Crippen LogP) is 1.10. The van der Waals surface area contributed by atoms with Crippen LogP contribution in [0.1, 0.15) is 16.1 Å². The maximum atomic E-state index is 12.0. The molecule has 0 saturated carbocycles. The molecule has 0 fully saturated rings. The van der Waals surface area contributed by atoms with Gasteiger partial charge in [0.05, 0.1) is 16.3 Å². The van der Waals surface area contributed by atoms with Gasteiger partial charge in [-0.25, -0.2) is 13.2 Å². The van der Waals surface area contributed by atoms with Crippen LogP contribution in [0.25, 0.3) is 11.3 Å². The van der Waals surface area contributed by atoms with E-state index in [1.807, 2.05) is 0 Å². The minimum Gasteiger partial charge on any atom is -0.477 e. The van der Waals surface area contributed by atoms with E-state index in [0.717, 1.165) is 5.56 Å². The molecule has 1 aromatic heterocycles. The Morgan fingerprint density at radius 2 is 2.16 bits per heavy atom. The molecule has 1 aromatic carbocycles. The number of nitrogens with zero attached hydrogens (tertiary/aromatic N) is 1. The van der Waals surface area contributed by atoms with Crippen LogP contribution in [0.4, 0.5) is 0 Å². The van der Waals surface area contributed by atoms with Crippen molar-refractivity contribution >= 4 is 15.8 Å². The van der Waals surface area contributed by atoms with E-state index < -0.39 is 15.8 Å². The number of carbonyl (C=O) groups is 1. The van der Waals surface area contributed by atoms with Gasteiger partial charge in [-0.3, -0.25) is 5.10 Å². The van der Waals surface area contributed by atoms with Crippen molar-refractivity contribution in [3.05, 3.63) is 35.5 Å². The standard InChI is InChI=1S/C12H10N2O4S/c15-12(16)10-6-9(13-14-10)8-3-1-2-7-4-5-19(17,18)11(7)8/h1-3,6H,4-5H2,(H,13,14)(H,15,16). The second-order valence-electron chi connectivity index (χ2n) is 4.33. The highest BCUT2D eigenvalue weighted by atomic mass is 32.2. The molecule has 2 heterocycles. The maximum Gasteiger partial charge on any atom is 0.353 e. The third-order valence-electron chi connectivity index (χ3n) is 3.13. The van der Waals surface area contributed by atoms with Crippen LogP contribution in [0.5, 0.6) is 0 Å². The van der Waals surface area contributed by atoms with E-state index >= 15 is 0 Å². The van der Waals surface area contributed by atoms with Gasteiger partial charge in [0.25, 0.3) is 0 Å². The van der Waals surface area contributed by atoms with Crippen molar-refractivity contribution in [2.75, 3.05) is 5.75 Å². The van der Waals surface area contributed by atoms with Gasteiger partial charge < -0.3 is 5.11 Å². The van der Waals surface area contributed by atoms with E-state index in [0.29, 0.717) is 17.7 Å². The van der Waals surface area contributed by atoms with Crippen molar-refractivity contribution in [2.24, 2.45) is 0 Å². The average molecular weight is 278 g/mol. The van der Waals surface area contributed by atoms with Crippen LogP contribution in [-0.2, 0) is 16.3 Å². The lowest BCUT2D eigenvalue weighted by atomic mass is 10.1. The number of nitrogens with one attached hydrogen (secondary N) is 1. The molecule has 0 unspecified atom stereocenters. The van der Waals surface area contributed by atoms with E-state index in [9.17, 15) is 13.2 Å². The van der Waals surface area contributed by atoms with Gasteiger partial charge in [0, 0.05) is 5.56 Å². The lowest BCUT2D eigenvalue weighted by Gasteiger charge is -2.04. The van der Waals surface area contributed by atoms with Crippen LogP contribution in [0.2, 0.25) is 0 Å². The topological polar surface area (TPSA) is 100 Å². The largest absolute Gasteiger partial charge is 0.477 e. The maximum absolute atomic E-state index is 12.0. The number of hydrogen-bond donors (Lipinski definition) is 2. The highest BCUT2D eigenvalue weighted by Gasteiger charge is 2.30. The van der Waals surface area contributed by atoms with E-state index in [2.05, 4.69) is 10.2 Å². The van der Waals surface area contributed by atoms with Gasteiger partial charge in [-0.05, 0) is 18.1 Å². The van der Waals surface area contributed by atoms with Gasteiger partial charge in [-0.15, -0.1) is 0 Å². The summed E-state index contributed by atoms with van der Waals surface area (Å²) in [5.41, 5.74) is 1.49. The van der Waals surface area contributed by atoms with Crippen LogP contribution >= 0.6 is 0 Å². The van der Waals surface area contributed by atoms with Gasteiger partial charge in [-0.2, -0.15) is 5.10 Å². The molecule has 0 atom stereocenters. The number of benzene rings is 1. The summed E-state index contributed by atoms with van der Waals surface area (Å²) in [6.07, 6.45) is 0.488. The number of aromatic nitrogens is 2. The number of aromatic amines is 1. The van der Waals surface area contributed by atoms with Gasteiger partial charge >= 0.3 is 5.97 Å². The zero-order chi connectivity index (χ0) is 13.6. The van der Waals surface area contributed by atoms with Gasteiger partial charge in [-0.1, -0.05) is 18.2 Å². The molecule has 6 nitrogen and oxygen atoms in total. The molecule has 0 amide bonds. The summed E-state index contributed by atoms with van der Waals surface area (Å²) in [6.45, 7) is 0. The van der Waals surface area contributed by atoms with Crippen LogP contribution in [0.15, 0.2) is 29.2 Å². The molecule has 2 N–H and O–H groups in total.